The summed E-state index contributed by atoms with van der Waals surface area (Å²) < 4.78 is 0. The lowest BCUT2D eigenvalue weighted by Gasteiger charge is -2.31. The lowest BCUT2D eigenvalue weighted by Crippen LogP contribution is -2.40. The molecule has 1 heterocycles. The Balaban J connectivity index is 1.65. The van der Waals surface area contributed by atoms with E-state index in [0.29, 0.717) is 6.54 Å². The first kappa shape index (κ1) is 17.0. The first-order valence-corrected chi connectivity index (χ1v) is 9.04. The molecule has 0 spiro atoms. The standard InChI is InChI=1S/C19H27N3O2/c20-18(23)16-9-5-11-22(13-16)12-15-8-3-4-10-17(15)21-19(24)14-6-1-2-7-14/h3-4,8,10,14,16H,1-2,5-7,9,11-13H2,(H2,20,23)(H,21,24). The van der Waals surface area contributed by atoms with E-state index in [0.717, 1.165) is 62.9 Å². The predicted molar refractivity (Wildman–Crippen MR) is 94.2 cm³/mol. The molecule has 1 unspecified atom stereocenters. The number of benzene rings is 1. The second-order valence-corrected chi connectivity index (χ2v) is 7.10. The van der Waals surface area contributed by atoms with E-state index in [2.05, 4.69) is 16.3 Å². The van der Waals surface area contributed by atoms with Crippen molar-refractivity contribution in [3.05, 3.63) is 29.8 Å². The maximum absolute atomic E-state index is 12.4. The Morgan fingerprint density at radius 3 is 2.54 bits per heavy atom. The first-order chi connectivity index (χ1) is 11.6. The molecule has 2 amide bonds. The van der Waals surface area contributed by atoms with Crippen LogP contribution in [0, 0.1) is 11.8 Å². The molecule has 130 valence electrons. The quantitative estimate of drug-likeness (QED) is 0.871. The van der Waals surface area contributed by atoms with Gasteiger partial charge in [0.25, 0.3) is 0 Å². The highest BCUT2D eigenvalue weighted by molar-refractivity contribution is 5.93. The number of primary amides is 1. The van der Waals surface area contributed by atoms with Gasteiger partial charge in [0.1, 0.15) is 0 Å². The van der Waals surface area contributed by atoms with Crippen LogP contribution in [0.4, 0.5) is 5.69 Å². The molecule has 2 aliphatic rings. The Morgan fingerprint density at radius 1 is 1.08 bits per heavy atom. The molecular formula is C19H27N3O2. The van der Waals surface area contributed by atoms with Crippen LogP contribution in [0.5, 0.6) is 0 Å². The Bertz CT molecular complexity index is 596. The summed E-state index contributed by atoms with van der Waals surface area (Å²) in [5, 5.41) is 3.12. The molecule has 3 N–H and O–H groups in total. The first-order valence-electron chi connectivity index (χ1n) is 9.04. The number of para-hydroxylation sites is 1. The minimum absolute atomic E-state index is 0.0565. The van der Waals surface area contributed by atoms with Crippen LogP contribution >= 0.6 is 0 Å². The van der Waals surface area contributed by atoms with Crippen LogP contribution in [0.1, 0.15) is 44.1 Å². The number of hydrogen-bond donors (Lipinski definition) is 2. The third-order valence-corrected chi connectivity index (χ3v) is 5.30. The molecule has 1 saturated heterocycles. The smallest absolute Gasteiger partial charge is 0.227 e. The SMILES string of the molecule is NC(=O)C1CCCN(Cc2ccccc2NC(=O)C2CCCC2)C1. The van der Waals surface area contributed by atoms with Crippen molar-refractivity contribution >= 4 is 17.5 Å². The van der Waals surface area contributed by atoms with Gasteiger partial charge in [-0.3, -0.25) is 14.5 Å². The van der Waals surface area contributed by atoms with E-state index >= 15 is 0 Å². The number of carbonyl (C=O) groups excluding carboxylic acids is 2. The van der Waals surface area contributed by atoms with Gasteiger partial charge in [0, 0.05) is 24.7 Å². The van der Waals surface area contributed by atoms with E-state index in [1.54, 1.807) is 0 Å². The van der Waals surface area contributed by atoms with Gasteiger partial charge >= 0.3 is 0 Å². The molecule has 1 atom stereocenters. The molecule has 0 radical (unpaired) electrons. The van der Waals surface area contributed by atoms with Gasteiger partial charge in [-0.05, 0) is 43.9 Å². The monoisotopic (exact) mass is 329 g/mol. The van der Waals surface area contributed by atoms with E-state index in [9.17, 15) is 9.59 Å². The molecule has 0 bridgehead atoms. The predicted octanol–water partition coefficient (Wildman–Crippen LogP) is 2.51. The van der Waals surface area contributed by atoms with Gasteiger partial charge in [0.05, 0.1) is 5.92 Å². The van der Waals surface area contributed by atoms with Gasteiger partial charge in [-0.2, -0.15) is 0 Å². The summed E-state index contributed by atoms with van der Waals surface area (Å²) in [6.07, 6.45) is 6.18. The summed E-state index contributed by atoms with van der Waals surface area (Å²) in [5.41, 5.74) is 7.47. The Labute approximate surface area is 143 Å². The average Bonchev–Trinajstić information content (AvgIpc) is 3.11. The number of likely N-dealkylation sites (tertiary alicyclic amines) is 1. The third-order valence-electron chi connectivity index (χ3n) is 5.30. The van der Waals surface area contributed by atoms with Gasteiger partial charge in [-0.15, -0.1) is 0 Å². The second-order valence-electron chi connectivity index (χ2n) is 7.10. The number of nitrogens with two attached hydrogens (primary N) is 1. The number of hydrogen-bond acceptors (Lipinski definition) is 3. The number of nitrogens with one attached hydrogen (secondary N) is 1. The normalized spacial score (nSPS) is 22.4. The molecule has 0 aromatic heterocycles. The largest absolute Gasteiger partial charge is 0.369 e. The van der Waals surface area contributed by atoms with E-state index < -0.39 is 0 Å². The maximum atomic E-state index is 12.4. The lowest BCUT2D eigenvalue weighted by atomic mass is 9.97. The zero-order valence-corrected chi connectivity index (χ0v) is 14.2. The van der Waals surface area contributed by atoms with Crippen molar-refractivity contribution in [3.63, 3.8) is 0 Å². The summed E-state index contributed by atoms with van der Waals surface area (Å²) in [4.78, 5) is 26.1. The molecule has 5 heteroatoms. The summed E-state index contributed by atoms with van der Waals surface area (Å²) in [6.45, 7) is 2.42. The van der Waals surface area contributed by atoms with Crippen molar-refractivity contribution in [2.45, 2.75) is 45.1 Å². The minimum Gasteiger partial charge on any atom is -0.369 e. The van der Waals surface area contributed by atoms with Crippen LogP contribution < -0.4 is 11.1 Å². The van der Waals surface area contributed by atoms with Crippen molar-refractivity contribution in [1.82, 2.24) is 4.90 Å². The summed E-state index contributed by atoms with van der Waals surface area (Å²) in [7, 11) is 0. The molecule has 1 aromatic carbocycles. The second kappa shape index (κ2) is 7.79. The van der Waals surface area contributed by atoms with Crippen molar-refractivity contribution in [3.8, 4) is 0 Å². The van der Waals surface area contributed by atoms with Crippen LogP contribution in [0.25, 0.3) is 0 Å². The summed E-state index contributed by atoms with van der Waals surface area (Å²) in [5.74, 6) is 0.0439. The molecule has 1 aliphatic carbocycles. The van der Waals surface area contributed by atoms with Crippen LogP contribution in [0.15, 0.2) is 24.3 Å². The van der Waals surface area contributed by atoms with Crippen molar-refractivity contribution in [1.29, 1.82) is 0 Å². The Morgan fingerprint density at radius 2 is 1.79 bits per heavy atom. The molecule has 5 nitrogen and oxygen atoms in total. The molecule has 24 heavy (non-hydrogen) atoms. The molecular weight excluding hydrogens is 302 g/mol. The molecule has 2 fully saturated rings. The molecule has 1 saturated carbocycles. The molecule has 3 rings (SSSR count). The van der Waals surface area contributed by atoms with Gasteiger partial charge in [0.15, 0.2) is 0 Å². The van der Waals surface area contributed by atoms with Gasteiger partial charge in [0.2, 0.25) is 11.8 Å². The van der Waals surface area contributed by atoms with Gasteiger partial charge in [-0.25, -0.2) is 0 Å². The lowest BCUT2D eigenvalue weighted by molar-refractivity contribution is -0.123. The number of rotatable bonds is 5. The zero-order chi connectivity index (χ0) is 16.9. The number of anilines is 1. The summed E-state index contributed by atoms with van der Waals surface area (Å²) in [6, 6.07) is 7.97. The van der Waals surface area contributed by atoms with Gasteiger partial charge < -0.3 is 11.1 Å². The van der Waals surface area contributed by atoms with E-state index in [1.165, 1.54) is 0 Å². The highest BCUT2D eigenvalue weighted by atomic mass is 16.2. The van der Waals surface area contributed by atoms with Crippen molar-refractivity contribution in [2.75, 3.05) is 18.4 Å². The number of nitrogens with zero attached hydrogens (tertiary/aromatic N) is 1. The van der Waals surface area contributed by atoms with Crippen LogP contribution in [0.3, 0.4) is 0 Å². The van der Waals surface area contributed by atoms with E-state index in [1.807, 2.05) is 18.2 Å². The van der Waals surface area contributed by atoms with Crippen molar-refractivity contribution in [2.24, 2.45) is 17.6 Å². The number of piperidine rings is 1. The fraction of sp³-hybridized carbons (Fsp3) is 0.579. The van der Waals surface area contributed by atoms with Crippen LogP contribution in [-0.2, 0) is 16.1 Å². The highest BCUT2D eigenvalue weighted by Crippen LogP contribution is 2.27. The topological polar surface area (TPSA) is 75.4 Å². The van der Waals surface area contributed by atoms with Crippen LogP contribution in [-0.4, -0.2) is 29.8 Å². The Kier molecular flexibility index (Phi) is 5.51. The fourth-order valence-electron chi connectivity index (χ4n) is 3.88. The third kappa shape index (κ3) is 4.15. The zero-order valence-electron chi connectivity index (χ0n) is 14.2. The molecule has 1 aliphatic heterocycles. The van der Waals surface area contributed by atoms with Crippen molar-refractivity contribution < 1.29 is 9.59 Å². The van der Waals surface area contributed by atoms with Crippen LogP contribution in [0.2, 0.25) is 0 Å². The highest BCUT2D eigenvalue weighted by Gasteiger charge is 2.25. The Hall–Kier alpha value is -1.88. The average molecular weight is 329 g/mol. The molecule has 1 aromatic rings. The summed E-state index contributed by atoms with van der Waals surface area (Å²) >= 11 is 0. The number of carbonyl (C=O) groups is 2. The maximum Gasteiger partial charge on any atom is 0.227 e. The van der Waals surface area contributed by atoms with E-state index in [-0.39, 0.29) is 23.7 Å². The minimum atomic E-state index is -0.206. The number of amides is 2. The van der Waals surface area contributed by atoms with Gasteiger partial charge in [-0.1, -0.05) is 31.0 Å². The van der Waals surface area contributed by atoms with E-state index in [4.69, 9.17) is 5.73 Å². The fourth-order valence-corrected chi connectivity index (χ4v) is 3.88.